The lowest BCUT2D eigenvalue weighted by molar-refractivity contribution is -0.135. The van der Waals surface area contributed by atoms with E-state index in [2.05, 4.69) is 19.2 Å². The van der Waals surface area contributed by atoms with Crippen molar-refractivity contribution in [3.63, 3.8) is 0 Å². The summed E-state index contributed by atoms with van der Waals surface area (Å²) in [6, 6.07) is 13.3. The Kier molecular flexibility index (Phi) is 12.0. The van der Waals surface area contributed by atoms with Crippen LogP contribution in [0.2, 0.25) is 0 Å². The molecular formula is C32H47NO6S. The number of aliphatic hydroxyl groups excluding tert-OH is 1. The summed E-state index contributed by atoms with van der Waals surface area (Å²) >= 11 is 0. The summed E-state index contributed by atoms with van der Waals surface area (Å²) in [5.74, 6) is -0.596. The largest absolute Gasteiger partial charge is 0.494 e. The third-order valence-electron chi connectivity index (χ3n) is 8.09. The zero-order valence-electron chi connectivity index (χ0n) is 24.3. The highest BCUT2D eigenvalue weighted by atomic mass is 32.2. The Morgan fingerprint density at radius 1 is 1.00 bits per heavy atom. The van der Waals surface area contributed by atoms with Gasteiger partial charge in [-0.1, -0.05) is 69.4 Å². The van der Waals surface area contributed by atoms with Crippen molar-refractivity contribution < 1.29 is 28.2 Å². The van der Waals surface area contributed by atoms with Crippen LogP contribution in [0.3, 0.4) is 0 Å². The summed E-state index contributed by atoms with van der Waals surface area (Å²) in [5, 5.41) is 23.7. The Hall–Kier alpha value is -2.42. The number of ether oxygens (including phenoxy) is 1. The molecule has 8 heteroatoms. The number of hydrogen-bond acceptors (Lipinski definition) is 6. The molecule has 0 aliphatic carbocycles. The summed E-state index contributed by atoms with van der Waals surface area (Å²) in [7, 11) is -3.59. The molecule has 0 saturated heterocycles. The van der Waals surface area contributed by atoms with E-state index in [9.17, 15) is 18.3 Å². The molecule has 0 bridgehead atoms. The highest BCUT2D eigenvalue weighted by molar-refractivity contribution is 7.91. The number of hydrogen-bond donors (Lipinski definition) is 3. The highest BCUT2D eigenvalue weighted by Crippen LogP contribution is 2.49. The SMILES string of the molecule is CCCCC1(CCCC)CS(=O)(=O)c2ccc(C)cc2C(c2ccc(OCCCCCNCC(=O)O)cc2)C1O. The van der Waals surface area contributed by atoms with Gasteiger partial charge in [-0.05, 0) is 74.9 Å². The maximum absolute atomic E-state index is 13.8. The molecule has 0 spiro atoms. The van der Waals surface area contributed by atoms with Crippen molar-refractivity contribution in [1.29, 1.82) is 0 Å². The van der Waals surface area contributed by atoms with Crippen molar-refractivity contribution in [3.05, 3.63) is 59.2 Å². The third kappa shape index (κ3) is 8.30. The number of unbranched alkanes of at least 4 members (excludes halogenated alkanes) is 4. The molecule has 3 rings (SSSR count). The molecule has 7 nitrogen and oxygen atoms in total. The summed E-state index contributed by atoms with van der Waals surface area (Å²) in [6.07, 6.45) is 6.85. The van der Waals surface area contributed by atoms with E-state index in [4.69, 9.17) is 9.84 Å². The predicted octanol–water partition coefficient (Wildman–Crippen LogP) is 5.87. The maximum Gasteiger partial charge on any atom is 0.317 e. The van der Waals surface area contributed by atoms with E-state index in [0.29, 0.717) is 36.5 Å². The van der Waals surface area contributed by atoms with Crippen LogP contribution in [-0.4, -0.2) is 56.2 Å². The third-order valence-corrected chi connectivity index (χ3v) is 10.1. The number of rotatable bonds is 16. The Labute approximate surface area is 240 Å². The monoisotopic (exact) mass is 573 g/mol. The molecular weight excluding hydrogens is 526 g/mol. The van der Waals surface area contributed by atoms with Crippen LogP contribution in [0.25, 0.3) is 0 Å². The van der Waals surface area contributed by atoms with Gasteiger partial charge in [-0.25, -0.2) is 8.42 Å². The number of aliphatic hydroxyl groups is 1. The van der Waals surface area contributed by atoms with Crippen molar-refractivity contribution in [2.45, 2.75) is 95.5 Å². The Bertz CT molecular complexity index is 1190. The van der Waals surface area contributed by atoms with Gasteiger partial charge in [-0.3, -0.25) is 4.79 Å². The van der Waals surface area contributed by atoms with Gasteiger partial charge in [0.1, 0.15) is 5.75 Å². The molecule has 0 radical (unpaired) electrons. The number of benzene rings is 2. The molecule has 2 aromatic carbocycles. The number of sulfone groups is 1. The summed E-state index contributed by atoms with van der Waals surface area (Å²) in [5.41, 5.74) is 1.84. The number of aliphatic carboxylic acids is 1. The predicted molar refractivity (Wildman–Crippen MR) is 159 cm³/mol. The standard InChI is InChI=1S/C32H47NO6S/c1-4-6-17-32(18-7-5-2)23-40(37,38)28-16-11-24(3)21-27(28)30(31(32)36)25-12-14-26(15-13-25)39-20-10-8-9-19-33-22-29(34)35/h11-16,21,30-31,33,36H,4-10,17-20,22-23H2,1-3H3,(H,34,35). The Morgan fingerprint density at radius 2 is 1.68 bits per heavy atom. The van der Waals surface area contributed by atoms with Crippen LogP contribution in [0.4, 0.5) is 0 Å². The van der Waals surface area contributed by atoms with Gasteiger partial charge in [0.05, 0.1) is 29.9 Å². The molecule has 2 atom stereocenters. The lowest BCUT2D eigenvalue weighted by Crippen LogP contribution is -2.43. The van der Waals surface area contributed by atoms with Gasteiger partial charge in [-0.2, -0.15) is 0 Å². The van der Waals surface area contributed by atoms with E-state index >= 15 is 0 Å². The normalized spacial score (nSPS) is 19.5. The van der Waals surface area contributed by atoms with Crippen molar-refractivity contribution in [1.82, 2.24) is 5.32 Å². The topological polar surface area (TPSA) is 113 Å². The van der Waals surface area contributed by atoms with E-state index < -0.39 is 33.2 Å². The van der Waals surface area contributed by atoms with Gasteiger partial charge in [0.25, 0.3) is 0 Å². The first-order valence-electron chi connectivity index (χ1n) is 14.8. The molecule has 2 aromatic rings. The molecule has 1 aliphatic rings. The van der Waals surface area contributed by atoms with E-state index in [-0.39, 0.29) is 12.3 Å². The molecule has 1 heterocycles. The van der Waals surface area contributed by atoms with E-state index in [1.807, 2.05) is 43.3 Å². The second kappa shape index (κ2) is 15.0. The van der Waals surface area contributed by atoms with Crippen LogP contribution >= 0.6 is 0 Å². The molecule has 1 aliphatic heterocycles. The van der Waals surface area contributed by atoms with Gasteiger partial charge in [0.15, 0.2) is 9.84 Å². The highest BCUT2D eigenvalue weighted by Gasteiger charge is 2.49. The average molecular weight is 574 g/mol. The van der Waals surface area contributed by atoms with Gasteiger partial charge < -0.3 is 20.3 Å². The minimum Gasteiger partial charge on any atom is -0.494 e. The molecule has 222 valence electrons. The average Bonchev–Trinajstić information content (AvgIpc) is 2.98. The van der Waals surface area contributed by atoms with Gasteiger partial charge in [-0.15, -0.1) is 0 Å². The molecule has 0 saturated carbocycles. The second-order valence-electron chi connectivity index (χ2n) is 11.3. The molecule has 0 aromatic heterocycles. The van der Waals surface area contributed by atoms with E-state index in [1.54, 1.807) is 6.07 Å². The van der Waals surface area contributed by atoms with Crippen molar-refractivity contribution in [3.8, 4) is 5.75 Å². The summed E-state index contributed by atoms with van der Waals surface area (Å²) in [4.78, 5) is 10.9. The van der Waals surface area contributed by atoms with Crippen LogP contribution < -0.4 is 10.1 Å². The zero-order valence-corrected chi connectivity index (χ0v) is 25.1. The lowest BCUT2D eigenvalue weighted by Gasteiger charge is -2.40. The quantitative estimate of drug-likeness (QED) is 0.215. The number of fused-ring (bicyclic) bond motifs is 1. The van der Waals surface area contributed by atoms with Crippen LogP contribution in [0.5, 0.6) is 5.75 Å². The fourth-order valence-electron chi connectivity index (χ4n) is 5.93. The van der Waals surface area contributed by atoms with Crippen molar-refractivity contribution >= 4 is 15.8 Å². The first-order valence-corrected chi connectivity index (χ1v) is 16.5. The minimum atomic E-state index is -3.59. The number of carbonyl (C=O) groups is 1. The first-order chi connectivity index (χ1) is 19.1. The van der Waals surface area contributed by atoms with Crippen LogP contribution in [0.1, 0.15) is 94.2 Å². The Morgan fingerprint density at radius 3 is 2.30 bits per heavy atom. The van der Waals surface area contributed by atoms with E-state index in [1.165, 1.54) is 0 Å². The smallest absolute Gasteiger partial charge is 0.317 e. The van der Waals surface area contributed by atoms with E-state index in [0.717, 1.165) is 61.8 Å². The molecule has 0 amide bonds. The van der Waals surface area contributed by atoms with Crippen LogP contribution in [0, 0.1) is 12.3 Å². The second-order valence-corrected chi connectivity index (χ2v) is 13.3. The molecule has 40 heavy (non-hydrogen) atoms. The maximum atomic E-state index is 13.8. The molecule has 0 fully saturated rings. The number of nitrogens with one attached hydrogen (secondary N) is 1. The number of carboxylic acids is 1. The van der Waals surface area contributed by atoms with Gasteiger partial charge >= 0.3 is 5.97 Å². The number of aryl methyl sites for hydroxylation is 1. The zero-order chi connectivity index (χ0) is 29.2. The van der Waals surface area contributed by atoms with Gasteiger partial charge in [0, 0.05) is 11.3 Å². The first kappa shape index (κ1) is 32.1. The fourth-order valence-corrected chi connectivity index (χ4v) is 8.12. The molecule has 3 N–H and O–H groups in total. The summed E-state index contributed by atoms with van der Waals surface area (Å²) < 4.78 is 33.6. The summed E-state index contributed by atoms with van der Waals surface area (Å²) in [6.45, 7) is 7.38. The lowest BCUT2D eigenvalue weighted by atomic mass is 9.68. The van der Waals surface area contributed by atoms with Gasteiger partial charge in [0.2, 0.25) is 0 Å². The fraction of sp³-hybridized carbons (Fsp3) is 0.594. The van der Waals surface area contributed by atoms with Crippen LogP contribution in [-0.2, 0) is 14.6 Å². The van der Waals surface area contributed by atoms with Crippen molar-refractivity contribution in [2.75, 3.05) is 25.4 Å². The minimum absolute atomic E-state index is 0.0210. The number of carboxylic acid groups (broad SMARTS) is 1. The Balaban J connectivity index is 1.84. The van der Waals surface area contributed by atoms with Crippen LogP contribution in [0.15, 0.2) is 47.4 Å². The van der Waals surface area contributed by atoms with Crippen molar-refractivity contribution in [2.24, 2.45) is 5.41 Å². The molecule has 2 unspecified atom stereocenters.